The monoisotopic (exact) mass is 264 g/mol. The molecule has 0 amide bonds. The third kappa shape index (κ3) is 2.35. The maximum absolute atomic E-state index is 11.6. The highest BCUT2D eigenvalue weighted by molar-refractivity contribution is 7.60. The van der Waals surface area contributed by atoms with Crippen LogP contribution in [0.25, 0.3) is 10.8 Å². The van der Waals surface area contributed by atoms with E-state index in [1.54, 1.807) is 12.1 Å². The minimum Gasteiger partial charge on any atom is -0.321 e. The van der Waals surface area contributed by atoms with Crippen molar-refractivity contribution in [3.63, 3.8) is 0 Å². The maximum atomic E-state index is 11.6. The number of fused-ring (bicyclic) bond motifs is 1. The van der Waals surface area contributed by atoms with Gasteiger partial charge in [0.05, 0.1) is 5.30 Å². The van der Waals surface area contributed by atoms with E-state index in [-0.39, 0.29) is 11.2 Å². The van der Waals surface area contributed by atoms with E-state index in [2.05, 4.69) is 0 Å². The quantitative estimate of drug-likeness (QED) is 0.837. The van der Waals surface area contributed by atoms with Gasteiger partial charge in [0.1, 0.15) is 0 Å². The third-order valence-electron chi connectivity index (χ3n) is 3.37. The number of hydrogen-bond acceptors (Lipinski definition) is 1. The first-order valence-corrected chi connectivity index (χ1v) is 7.64. The minimum atomic E-state index is -4.23. The molecule has 96 valence electrons. The van der Waals surface area contributed by atoms with Gasteiger partial charge in [-0.3, -0.25) is 4.57 Å². The molecular weight excluding hydrogens is 247 g/mol. The van der Waals surface area contributed by atoms with Gasteiger partial charge in [-0.25, -0.2) is 0 Å². The van der Waals surface area contributed by atoms with Crippen LogP contribution in [0.3, 0.4) is 0 Å². The van der Waals surface area contributed by atoms with Crippen LogP contribution in [0, 0.1) is 0 Å². The summed E-state index contributed by atoms with van der Waals surface area (Å²) in [5.41, 5.74) is 0.781. The van der Waals surface area contributed by atoms with Crippen molar-refractivity contribution in [2.45, 2.75) is 26.2 Å². The molecule has 0 aliphatic carbocycles. The molecular formula is C14H17O3P. The molecule has 0 spiro atoms. The largest absolute Gasteiger partial charge is 0.356 e. The average molecular weight is 264 g/mol. The summed E-state index contributed by atoms with van der Waals surface area (Å²) >= 11 is 0. The lowest BCUT2D eigenvalue weighted by Crippen LogP contribution is -2.14. The van der Waals surface area contributed by atoms with Gasteiger partial charge in [0.25, 0.3) is 0 Å². The van der Waals surface area contributed by atoms with Crippen LogP contribution in [0.4, 0.5) is 0 Å². The third-order valence-corrected chi connectivity index (χ3v) is 4.38. The topological polar surface area (TPSA) is 57.5 Å². The van der Waals surface area contributed by atoms with Crippen LogP contribution in [-0.4, -0.2) is 9.79 Å². The van der Waals surface area contributed by atoms with Crippen LogP contribution in [-0.2, 0) is 4.57 Å². The van der Waals surface area contributed by atoms with Gasteiger partial charge in [-0.15, -0.1) is 0 Å². The van der Waals surface area contributed by atoms with E-state index in [4.69, 9.17) is 0 Å². The second-order valence-corrected chi connectivity index (χ2v) is 6.14. The van der Waals surface area contributed by atoms with E-state index in [1.165, 1.54) is 0 Å². The average Bonchev–Trinajstić information content (AvgIpc) is 2.35. The lowest BCUT2D eigenvalue weighted by Gasteiger charge is -2.18. The summed E-state index contributed by atoms with van der Waals surface area (Å²) in [6.07, 6.45) is 0.848. The normalized spacial score (nSPS) is 13.8. The Kier molecular flexibility index (Phi) is 3.58. The lowest BCUT2D eigenvalue weighted by molar-refractivity contribution is 0.387. The minimum absolute atomic E-state index is 0.124. The maximum Gasteiger partial charge on any atom is 0.356 e. The Morgan fingerprint density at radius 2 is 1.83 bits per heavy atom. The van der Waals surface area contributed by atoms with E-state index in [9.17, 15) is 14.4 Å². The van der Waals surface area contributed by atoms with Crippen LogP contribution in [0.15, 0.2) is 36.4 Å². The Labute approximate surface area is 107 Å². The van der Waals surface area contributed by atoms with Gasteiger partial charge in [0.2, 0.25) is 0 Å². The summed E-state index contributed by atoms with van der Waals surface area (Å²) in [6, 6.07) is 11.1. The number of hydrogen-bond donors (Lipinski definition) is 2. The first-order valence-electron chi connectivity index (χ1n) is 6.03. The fourth-order valence-electron chi connectivity index (χ4n) is 2.26. The smallest absolute Gasteiger partial charge is 0.321 e. The highest BCUT2D eigenvalue weighted by atomic mass is 31.2. The van der Waals surface area contributed by atoms with Crippen molar-refractivity contribution in [1.82, 2.24) is 0 Å². The van der Waals surface area contributed by atoms with Crippen molar-refractivity contribution in [3.8, 4) is 0 Å². The Bertz CT molecular complexity index is 615. The molecule has 4 heteroatoms. The van der Waals surface area contributed by atoms with Crippen molar-refractivity contribution < 1.29 is 14.4 Å². The second kappa shape index (κ2) is 4.85. The zero-order valence-corrected chi connectivity index (χ0v) is 11.4. The van der Waals surface area contributed by atoms with Gasteiger partial charge in [-0.2, -0.15) is 0 Å². The predicted octanol–water partition coefficient (Wildman–Crippen LogP) is 3.16. The van der Waals surface area contributed by atoms with Crippen molar-refractivity contribution in [1.29, 1.82) is 0 Å². The molecule has 1 atom stereocenters. The standard InChI is InChI=1S/C14H17O3P/c1-3-10(2)14-12-7-5-4-6-11(12)8-9-13(14)18(15,16)17/h4-10H,3H2,1-2H3,(H2,15,16,17). The molecule has 0 bridgehead atoms. The molecule has 0 aromatic heterocycles. The number of rotatable bonds is 3. The lowest BCUT2D eigenvalue weighted by atomic mass is 9.93. The van der Waals surface area contributed by atoms with Crippen LogP contribution in [0.1, 0.15) is 31.7 Å². The Morgan fingerprint density at radius 1 is 1.17 bits per heavy atom. The number of benzene rings is 2. The zero-order valence-electron chi connectivity index (χ0n) is 10.5. The van der Waals surface area contributed by atoms with Gasteiger partial charge in [0, 0.05) is 0 Å². The summed E-state index contributed by atoms with van der Waals surface area (Å²) in [4.78, 5) is 19.0. The van der Waals surface area contributed by atoms with Gasteiger partial charge < -0.3 is 9.79 Å². The van der Waals surface area contributed by atoms with E-state index < -0.39 is 7.60 Å². The zero-order chi connectivity index (χ0) is 13.3. The second-order valence-electron chi connectivity index (χ2n) is 4.57. The van der Waals surface area contributed by atoms with Gasteiger partial charge in [-0.1, -0.05) is 44.2 Å². The van der Waals surface area contributed by atoms with Crippen LogP contribution < -0.4 is 5.30 Å². The van der Waals surface area contributed by atoms with Crippen LogP contribution in [0.5, 0.6) is 0 Å². The predicted molar refractivity (Wildman–Crippen MR) is 74.3 cm³/mol. The molecule has 0 heterocycles. The molecule has 2 rings (SSSR count). The Morgan fingerprint density at radius 3 is 2.44 bits per heavy atom. The summed E-state index contributed by atoms with van der Waals surface area (Å²) in [5, 5.41) is 2.12. The molecule has 2 aromatic rings. The molecule has 0 fully saturated rings. The first kappa shape index (κ1) is 13.3. The molecule has 2 N–H and O–H groups in total. The summed E-state index contributed by atoms with van der Waals surface area (Å²) in [7, 11) is -4.23. The Balaban J connectivity index is 2.84. The van der Waals surface area contributed by atoms with Gasteiger partial charge in [0.15, 0.2) is 0 Å². The van der Waals surface area contributed by atoms with Crippen molar-refractivity contribution in [2.24, 2.45) is 0 Å². The molecule has 3 nitrogen and oxygen atoms in total. The van der Waals surface area contributed by atoms with Gasteiger partial charge >= 0.3 is 7.60 Å². The van der Waals surface area contributed by atoms with Gasteiger partial charge in [-0.05, 0) is 34.7 Å². The molecule has 18 heavy (non-hydrogen) atoms. The van der Waals surface area contributed by atoms with E-state index in [1.807, 2.05) is 38.1 Å². The van der Waals surface area contributed by atoms with E-state index >= 15 is 0 Å². The molecule has 0 saturated carbocycles. The van der Waals surface area contributed by atoms with Crippen molar-refractivity contribution in [2.75, 3.05) is 0 Å². The molecule has 0 radical (unpaired) electrons. The summed E-state index contributed by atoms with van der Waals surface area (Å²) in [5.74, 6) is 0.124. The van der Waals surface area contributed by atoms with Crippen molar-refractivity contribution in [3.05, 3.63) is 42.0 Å². The fourth-order valence-corrected chi connectivity index (χ4v) is 3.18. The Hall–Kier alpha value is -1.15. The molecule has 1 unspecified atom stereocenters. The highest BCUT2D eigenvalue weighted by Gasteiger charge is 2.25. The van der Waals surface area contributed by atoms with E-state index in [0.29, 0.717) is 0 Å². The summed E-state index contributed by atoms with van der Waals surface area (Å²) < 4.78 is 11.6. The molecule has 0 aliphatic heterocycles. The van der Waals surface area contributed by atoms with E-state index in [0.717, 1.165) is 22.8 Å². The van der Waals surface area contributed by atoms with Crippen LogP contribution in [0.2, 0.25) is 0 Å². The molecule has 0 saturated heterocycles. The molecule has 2 aromatic carbocycles. The van der Waals surface area contributed by atoms with Crippen molar-refractivity contribution >= 4 is 23.7 Å². The highest BCUT2D eigenvalue weighted by Crippen LogP contribution is 2.39. The first-order chi connectivity index (χ1) is 8.45. The summed E-state index contributed by atoms with van der Waals surface area (Å²) in [6.45, 7) is 4.02. The van der Waals surface area contributed by atoms with Crippen LogP contribution >= 0.6 is 7.60 Å². The SMILES string of the molecule is CCC(C)c1c(P(=O)(O)O)ccc2ccccc12. The molecule has 0 aliphatic rings. The fraction of sp³-hybridized carbons (Fsp3) is 0.286.